The molecule has 1 saturated heterocycles. The van der Waals surface area contributed by atoms with Crippen LogP contribution in [0.15, 0.2) is 36.0 Å². The minimum atomic E-state index is -0.598. The molecule has 1 amide bonds. The van der Waals surface area contributed by atoms with E-state index in [9.17, 15) is 14.0 Å². The molecular weight excluding hydrogens is 493 g/mol. The van der Waals surface area contributed by atoms with Crippen molar-refractivity contribution in [2.75, 3.05) is 13.1 Å². The molecule has 190 valence electrons. The molecule has 2 atom stereocenters. The van der Waals surface area contributed by atoms with Gasteiger partial charge in [0.1, 0.15) is 5.82 Å². The van der Waals surface area contributed by atoms with Gasteiger partial charge in [-0.3, -0.25) is 19.7 Å². The molecule has 2 aliphatic rings. The molecule has 1 aliphatic heterocycles. The third-order valence-electron chi connectivity index (χ3n) is 6.45. The second kappa shape index (κ2) is 12.6. The van der Waals surface area contributed by atoms with Gasteiger partial charge in [-0.15, -0.1) is 17.5 Å². The van der Waals surface area contributed by atoms with E-state index in [1.807, 2.05) is 6.08 Å². The maximum atomic E-state index is 14.7. The van der Waals surface area contributed by atoms with Crippen molar-refractivity contribution in [3.8, 4) is 0 Å². The smallest absolute Gasteiger partial charge is 0.243 e. The zero-order valence-corrected chi connectivity index (χ0v) is 21.1. The minimum Gasteiger partial charge on any atom is -0.297 e. The number of amides is 1. The van der Waals surface area contributed by atoms with E-state index in [2.05, 4.69) is 15.2 Å². The van der Waals surface area contributed by atoms with Crippen molar-refractivity contribution in [3.05, 3.63) is 53.1 Å². The van der Waals surface area contributed by atoms with Gasteiger partial charge in [-0.25, -0.2) is 14.6 Å². The number of carbonyl (C=O) groups is 2. The van der Waals surface area contributed by atoms with Crippen LogP contribution in [0.4, 0.5) is 4.39 Å². The molecule has 0 radical (unpaired) electrons. The Morgan fingerprint density at radius 2 is 2.03 bits per heavy atom. The number of nitrogens with zero attached hydrogens (tertiary/aromatic N) is 4. The number of hydrogen-bond donors (Lipinski definition) is 3. The zero-order valence-electron chi connectivity index (χ0n) is 19.3. The van der Waals surface area contributed by atoms with Gasteiger partial charge >= 0.3 is 0 Å². The number of benzene rings is 1. The van der Waals surface area contributed by atoms with E-state index in [0.29, 0.717) is 38.0 Å². The van der Waals surface area contributed by atoms with Gasteiger partial charge in [0.05, 0.1) is 17.9 Å². The summed E-state index contributed by atoms with van der Waals surface area (Å²) >= 11 is 4.77. The van der Waals surface area contributed by atoms with Crippen LogP contribution in [0, 0.1) is 11.7 Å². The van der Waals surface area contributed by atoms with Gasteiger partial charge in [0.2, 0.25) is 5.91 Å². The number of piperidine rings is 1. The van der Waals surface area contributed by atoms with Crippen LogP contribution in [0.25, 0.3) is 6.08 Å². The minimum absolute atomic E-state index is 0. The lowest BCUT2D eigenvalue weighted by atomic mass is 9.93. The number of ketones is 1. The molecule has 1 aromatic heterocycles. The molecule has 0 spiro atoms. The van der Waals surface area contributed by atoms with Crippen molar-refractivity contribution >= 4 is 42.8 Å². The first-order chi connectivity index (χ1) is 16.5. The molecule has 1 aliphatic carbocycles. The van der Waals surface area contributed by atoms with Crippen LogP contribution in [0.5, 0.6) is 0 Å². The van der Waals surface area contributed by atoms with Crippen LogP contribution in [-0.2, 0) is 16.1 Å². The van der Waals surface area contributed by atoms with Crippen LogP contribution in [0.1, 0.15) is 55.8 Å². The summed E-state index contributed by atoms with van der Waals surface area (Å²) in [6.07, 6.45) is 7.73. The molecule has 11 heteroatoms. The third kappa shape index (κ3) is 6.91. The standard InChI is InChI=1S/C24H30FN5O3S.ClH/c25-20-6-2-1-5-19(20)23(24(32)16-8-9-16)29-12-10-21(34)17(15-29)13-18-14-26-28-30(18)11-4-3-7-22(31)27-33;/h1-2,5-6,13-14,16,21,23,33-34H,3-4,7-12,15H2,(H,27,31);1H/b17-13+;. The van der Waals surface area contributed by atoms with E-state index in [1.165, 1.54) is 6.07 Å². The Morgan fingerprint density at radius 3 is 2.74 bits per heavy atom. The van der Waals surface area contributed by atoms with Gasteiger partial charge in [-0.05, 0) is 49.8 Å². The third-order valence-corrected chi connectivity index (χ3v) is 7.04. The van der Waals surface area contributed by atoms with Crippen molar-refractivity contribution in [3.63, 3.8) is 0 Å². The van der Waals surface area contributed by atoms with E-state index >= 15 is 0 Å². The highest BCUT2D eigenvalue weighted by Gasteiger charge is 2.40. The normalized spacial score (nSPS) is 20.3. The molecule has 2 aromatic rings. The van der Waals surface area contributed by atoms with Gasteiger partial charge in [-0.1, -0.05) is 23.4 Å². The number of nitrogens with one attached hydrogen (secondary N) is 1. The molecule has 35 heavy (non-hydrogen) atoms. The number of aromatic nitrogens is 3. The van der Waals surface area contributed by atoms with Gasteiger partial charge in [0.15, 0.2) is 5.78 Å². The summed E-state index contributed by atoms with van der Waals surface area (Å²) in [7, 11) is 0. The van der Waals surface area contributed by atoms with E-state index in [4.69, 9.17) is 17.8 Å². The van der Waals surface area contributed by atoms with Crippen molar-refractivity contribution in [1.82, 2.24) is 25.4 Å². The molecule has 2 N–H and O–H groups in total. The molecule has 1 aromatic carbocycles. The molecule has 0 bridgehead atoms. The van der Waals surface area contributed by atoms with E-state index in [0.717, 1.165) is 30.5 Å². The first kappa shape index (κ1) is 27.3. The number of aryl methyl sites for hydroxylation is 1. The van der Waals surface area contributed by atoms with Crippen LogP contribution < -0.4 is 5.48 Å². The topological polar surface area (TPSA) is 100 Å². The first-order valence-corrected chi connectivity index (χ1v) is 12.2. The molecule has 4 rings (SSSR count). The Kier molecular flexibility index (Phi) is 9.85. The molecule has 8 nitrogen and oxygen atoms in total. The van der Waals surface area contributed by atoms with Crippen LogP contribution in [0.2, 0.25) is 0 Å². The van der Waals surface area contributed by atoms with Crippen molar-refractivity contribution in [2.45, 2.75) is 56.4 Å². The summed E-state index contributed by atoms with van der Waals surface area (Å²) in [5, 5.41) is 16.8. The second-order valence-electron chi connectivity index (χ2n) is 8.97. The number of halogens is 2. The Hall–Kier alpha value is -2.27. The predicted molar refractivity (Wildman–Crippen MR) is 135 cm³/mol. The highest BCUT2D eigenvalue weighted by atomic mass is 35.5. The molecule has 1 saturated carbocycles. The zero-order chi connectivity index (χ0) is 24.1. The van der Waals surface area contributed by atoms with Gasteiger partial charge in [0, 0.05) is 42.8 Å². The fourth-order valence-electron chi connectivity index (χ4n) is 4.42. The van der Waals surface area contributed by atoms with Gasteiger partial charge in [0.25, 0.3) is 0 Å². The number of hydrogen-bond acceptors (Lipinski definition) is 7. The lowest BCUT2D eigenvalue weighted by molar-refractivity contribution is -0.129. The SMILES string of the molecule is Cl.O=C(CCCCn1nncc1/C=C1\CN(C(C(=O)C2CC2)c2ccccc2F)CCC1S)NO. The summed E-state index contributed by atoms with van der Waals surface area (Å²) in [6.45, 7) is 1.75. The Balaban J connectivity index is 0.00000342. The Labute approximate surface area is 215 Å². The monoisotopic (exact) mass is 523 g/mol. The Morgan fingerprint density at radius 1 is 1.26 bits per heavy atom. The molecule has 2 heterocycles. The van der Waals surface area contributed by atoms with Crippen LogP contribution >= 0.6 is 25.0 Å². The molecular formula is C24H31ClFN5O3S. The predicted octanol–water partition coefficient (Wildman–Crippen LogP) is 3.62. The molecule has 2 unspecified atom stereocenters. The summed E-state index contributed by atoms with van der Waals surface area (Å²) in [5.74, 6) is -0.645. The maximum Gasteiger partial charge on any atom is 0.243 e. The fraction of sp³-hybridized carbons (Fsp3) is 0.500. The van der Waals surface area contributed by atoms with Crippen molar-refractivity contribution in [2.24, 2.45) is 5.92 Å². The van der Waals surface area contributed by atoms with Gasteiger partial charge in [-0.2, -0.15) is 12.6 Å². The number of carbonyl (C=O) groups excluding carboxylic acids is 2. The lowest BCUT2D eigenvalue weighted by Gasteiger charge is -2.37. The number of thiol groups is 1. The summed E-state index contributed by atoms with van der Waals surface area (Å²) in [4.78, 5) is 26.5. The first-order valence-electron chi connectivity index (χ1n) is 11.7. The average Bonchev–Trinajstić information content (AvgIpc) is 3.60. The number of likely N-dealkylation sites (tertiary alicyclic amines) is 1. The number of hydroxylamine groups is 1. The summed E-state index contributed by atoms with van der Waals surface area (Å²) in [5.41, 5.74) is 3.92. The van der Waals surface area contributed by atoms with Crippen molar-refractivity contribution < 1.29 is 19.2 Å². The van der Waals surface area contributed by atoms with Gasteiger partial charge < -0.3 is 0 Å². The lowest BCUT2D eigenvalue weighted by Crippen LogP contribution is -2.42. The van der Waals surface area contributed by atoms with Crippen LogP contribution in [0.3, 0.4) is 0 Å². The Bertz CT molecular complexity index is 1060. The summed E-state index contributed by atoms with van der Waals surface area (Å²) < 4.78 is 16.5. The number of rotatable bonds is 10. The number of unbranched alkanes of at least 4 members (excludes halogenated alkanes) is 1. The number of Topliss-reactive ketones (excluding diaryl/α,β-unsaturated/α-hetero) is 1. The van der Waals surface area contributed by atoms with E-state index < -0.39 is 11.9 Å². The average molecular weight is 524 g/mol. The molecule has 2 fully saturated rings. The highest BCUT2D eigenvalue weighted by molar-refractivity contribution is 7.81. The highest BCUT2D eigenvalue weighted by Crippen LogP contribution is 2.39. The quantitative estimate of drug-likeness (QED) is 0.190. The fourth-order valence-corrected chi connectivity index (χ4v) is 4.69. The second-order valence-corrected chi connectivity index (χ2v) is 9.59. The van der Waals surface area contributed by atoms with Crippen molar-refractivity contribution in [1.29, 1.82) is 0 Å². The maximum absolute atomic E-state index is 14.7. The van der Waals surface area contributed by atoms with E-state index in [-0.39, 0.29) is 41.6 Å². The van der Waals surface area contributed by atoms with E-state index in [1.54, 1.807) is 34.6 Å². The van der Waals surface area contributed by atoms with Crippen LogP contribution in [-0.4, -0.2) is 55.1 Å². The summed E-state index contributed by atoms with van der Waals surface area (Å²) in [6, 6.07) is 5.96. The largest absolute Gasteiger partial charge is 0.297 e.